The molecule has 0 aliphatic rings. The van der Waals surface area contributed by atoms with E-state index in [0.29, 0.717) is 5.82 Å². The van der Waals surface area contributed by atoms with E-state index in [9.17, 15) is 8.78 Å². The van der Waals surface area contributed by atoms with Crippen LogP contribution in [0.4, 0.5) is 14.6 Å². The summed E-state index contributed by atoms with van der Waals surface area (Å²) in [5.41, 5.74) is -0.325. The van der Waals surface area contributed by atoms with Gasteiger partial charge < -0.3 is 5.32 Å². The molecule has 0 amide bonds. The molecule has 1 N–H and O–H groups in total. The summed E-state index contributed by atoms with van der Waals surface area (Å²) in [5, 5.41) is 2.63. The van der Waals surface area contributed by atoms with Gasteiger partial charge in [0.05, 0.1) is 12.4 Å². The molecule has 17 heavy (non-hydrogen) atoms. The minimum absolute atomic E-state index is 0.325. The summed E-state index contributed by atoms with van der Waals surface area (Å²) < 4.78 is 25.3. The number of nitrogens with zero attached hydrogens (tertiary/aromatic N) is 2. The van der Waals surface area contributed by atoms with Gasteiger partial charge in [-0.05, 0) is 0 Å². The minimum Gasteiger partial charge on any atom is -0.372 e. The zero-order valence-electron chi connectivity index (χ0n) is 11.5. The van der Waals surface area contributed by atoms with Crippen LogP contribution in [0.25, 0.3) is 0 Å². The van der Waals surface area contributed by atoms with Crippen molar-refractivity contribution >= 4 is 5.82 Å². The van der Waals surface area contributed by atoms with Crippen LogP contribution in [0.1, 0.15) is 46.7 Å². The second kappa shape index (κ2) is 9.93. The van der Waals surface area contributed by atoms with Gasteiger partial charge in [0.25, 0.3) is 5.92 Å². The first-order valence-corrected chi connectivity index (χ1v) is 5.83. The first kappa shape index (κ1) is 18.1. The molecule has 0 atom stereocenters. The predicted molar refractivity (Wildman–Crippen MR) is 68.5 cm³/mol. The molecule has 100 valence electrons. The minimum atomic E-state index is -2.93. The summed E-state index contributed by atoms with van der Waals surface area (Å²) in [5.74, 6) is -2.59. The zero-order chi connectivity index (χ0) is 13.9. The first-order valence-electron chi connectivity index (χ1n) is 5.83. The number of anilines is 1. The predicted octanol–water partition coefficient (Wildman–Crippen LogP) is 4.07. The lowest BCUT2D eigenvalue weighted by molar-refractivity contribution is 0.0125. The Morgan fingerprint density at radius 3 is 2.06 bits per heavy atom. The number of halogens is 2. The molecule has 0 saturated heterocycles. The van der Waals surface area contributed by atoms with Crippen molar-refractivity contribution in [3.8, 4) is 0 Å². The lowest BCUT2D eigenvalue weighted by Crippen LogP contribution is -2.11. The first-order chi connectivity index (χ1) is 7.95. The summed E-state index contributed by atoms with van der Waals surface area (Å²) in [6, 6.07) is 0. The molecule has 0 spiro atoms. The van der Waals surface area contributed by atoms with Crippen molar-refractivity contribution in [2.24, 2.45) is 0 Å². The van der Waals surface area contributed by atoms with Crippen LogP contribution in [-0.4, -0.2) is 17.0 Å². The molecule has 0 unspecified atom stereocenters. The average Bonchev–Trinajstić information content (AvgIpc) is 2.32. The van der Waals surface area contributed by atoms with Crippen molar-refractivity contribution < 1.29 is 8.78 Å². The van der Waals surface area contributed by atoms with Crippen LogP contribution < -0.4 is 5.32 Å². The molecule has 0 radical (unpaired) electrons. The van der Waals surface area contributed by atoms with Crippen LogP contribution in [0, 0.1) is 0 Å². The number of aromatic nitrogens is 2. The molecule has 1 aromatic rings. The molecule has 0 fully saturated rings. The molecule has 1 aromatic heterocycles. The van der Waals surface area contributed by atoms with Crippen molar-refractivity contribution in [2.45, 2.75) is 47.0 Å². The Hall–Kier alpha value is -1.26. The van der Waals surface area contributed by atoms with E-state index in [2.05, 4.69) is 29.1 Å². The second-order valence-corrected chi connectivity index (χ2v) is 3.14. The maximum Gasteiger partial charge on any atom is 0.288 e. The Kier molecular flexibility index (Phi) is 10.6. The number of hydrogen-bond acceptors (Lipinski definition) is 3. The SMILES string of the molecule is CC.CCC.CNc1cncc(C(C)(F)F)n1. The van der Waals surface area contributed by atoms with E-state index in [-0.39, 0.29) is 5.69 Å². The summed E-state index contributed by atoms with van der Waals surface area (Å²) >= 11 is 0. The van der Waals surface area contributed by atoms with Gasteiger partial charge in [-0.2, -0.15) is 8.78 Å². The van der Waals surface area contributed by atoms with Crippen molar-refractivity contribution in [3.05, 3.63) is 18.1 Å². The van der Waals surface area contributed by atoms with Crippen molar-refractivity contribution in [2.75, 3.05) is 12.4 Å². The van der Waals surface area contributed by atoms with Gasteiger partial charge in [-0.1, -0.05) is 34.1 Å². The summed E-state index contributed by atoms with van der Waals surface area (Å²) in [6.45, 7) is 9.04. The number of hydrogen-bond donors (Lipinski definition) is 1. The normalized spacial score (nSPS) is 9.41. The van der Waals surface area contributed by atoms with Crippen molar-refractivity contribution in [1.29, 1.82) is 0 Å². The topological polar surface area (TPSA) is 37.8 Å². The van der Waals surface area contributed by atoms with Gasteiger partial charge in [-0.15, -0.1) is 0 Å². The van der Waals surface area contributed by atoms with E-state index >= 15 is 0 Å². The average molecular weight is 247 g/mol. The van der Waals surface area contributed by atoms with Gasteiger partial charge in [0.1, 0.15) is 11.5 Å². The van der Waals surface area contributed by atoms with E-state index in [1.54, 1.807) is 7.05 Å². The maximum absolute atomic E-state index is 12.6. The fraction of sp³-hybridized carbons (Fsp3) is 0.667. The van der Waals surface area contributed by atoms with E-state index in [0.717, 1.165) is 13.1 Å². The zero-order valence-corrected chi connectivity index (χ0v) is 11.5. The van der Waals surface area contributed by atoms with Crippen LogP contribution in [0.15, 0.2) is 12.4 Å². The molecule has 3 nitrogen and oxygen atoms in total. The van der Waals surface area contributed by atoms with E-state index in [1.165, 1.54) is 12.6 Å². The van der Waals surface area contributed by atoms with Gasteiger partial charge in [0.15, 0.2) is 0 Å². The largest absolute Gasteiger partial charge is 0.372 e. The maximum atomic E-state index is 12.6. The number of alkyl halides is 2. The Morgan fingerprint density at radius 1 is 1.24 bits per heavy atom. The highest BCUT2D eigenvalue weighted by atomic mass is 19.3. The molecule has 1 rings (SSSR count). The van der Waals surface area contributed by atoms with E-state index in [4.69, 9.17) is 0 Å². The van der Waals surface area contributed by atoms with Crippen molar-refractivity contribution in [1.82, 2.24) is 9.97 Å². The van der Waals surface area contributed by atoms with Crippen LogP contribution in [0.2, 0.25) is 0 Å². The third-order valence-corrected chi connectivity index (χ3v) is 1.34. The Labute approximate surface area is 103 Å². The molecular formula is C12H23F2N3. The van der Waals surface area contributed by atoms with Gasteiger partial charge in [-0.3, -0.25) is 4.98 Å². The molecule has 0 bridgehead atoms. The molecule has 0 aromatic carbocycles. The van der Waals surface area contributed by atoms with Crippen LogP contribution >= 0.6 is 0 Å². The van der Waals surface area contributed by atoms with Crippen LogP contribution in [0.5, 0.6) is 0 Å². The fourth-order valence-electron chi connectivity index (χ4n) is 0.698. The van der Waals surface area contributed by atoms with Crippen molar-refractivity contribution in [3.63, 3.8) is 0 Å². The highest BCUT2D eigenvalue weighted by molar-refractivity contribution is 5.31. The van der Waals surface area contributed by atoms with Gasteiger partial charge in [0, 0.05) is 14.0 Å². The Bertz CT molecular complexity index is 285. The summed E-state index contributed by atoms with van der Waals surface area (Å²) in [6.07, 6.45) is 3.69. The van der Waals surface area contributed by atoms with Gasteiger partial charge >= 0.3 is 0 Å². The number of nitrogens with one attached hydrogen (secondary N) is 1. The molecule has 5 heteroatoms. The Balaban J connectivity index is 0. The Morgan fingerprint density at radius 2 is 1.71 bits per heavy atom. The van der Waals surface area contributed by atoms with E-state index in [1.807, 2.05) is 13.8 Å². The monoisotopic (exact) mass is 247 g/mol. The summed E-state index contributed by atoms with van der Waals surface area (Å²) in [4.78, 5) is 7.26. The molecule has 0 aliphatic carbocycles. The standard InChI is InChI=1S/C7H9F2N3.C3H8.C2H6/c1-7(8,9)5-3-11-4-6(10-2)12-5;1-3-2;1-2/h3-4H,1-2H3,(H,10,12);3H2,1-2H3;1-2H3. The van der Waals surface area contributed by atoms with Crippen LogP contribution in [-0.2, 0) is 5.92 Å². The lowest BCUT2D eigenvalue weighted by atomic mass is 10.3. The third-order valence-electron chi connectivity index (χ3n) is 1.34. The smallest absolute Gasteiger partial charge is 0.288 e. The number of rotatable bonds is 2. The second-order valence-electron chi connectivity index (χ2n) is 3.14. The van der Waals surface area contributed by atoms with Gasteiger partial charge in [0.2, 0.25) is 0 Å². The third kappa shape index (κ3) is 8.54. The molecule has 0 aliphatic heterocycles. The lowest BCUT2D eigenvalue weighted by Gasteiger charge is -2.09. The molecule has 1 heterocycles. The van der Waals surface area contributed by atoms with Crippen LogP contribution in [0.3, 0.4) is 0 Å². The van der Waals surface area contributed by atoms with E-state index < -0.39 is 5.92 Å². The highest BCUT2D eigenvalue weighted by Crippen LogP contribution is 2.24. The quantitative estimate of drug-likeness (QED) is 0.856. The highest BCUT2D eigenvalue weighted by Gasteiger charge is 2.26. The van der Waals surface area contributed by atoms with Gasteiger partial charge in [-0.25, -0.2) is 4.98 Å². The summed E-state index contributed by atoms with van der Waals surface area (Å²) in [7, 11) is 1.60. The molecular weight excluding hydrogens is 224 g/mol. The molecule has 0 saturated carbocycles. The fourth-order valence-corrected chi connectivity index (χ4v) is 0.698.